The Kier molecular flexibility index (Phi) is 4.45. The maximum atomic E-state index is 11.9. The molecule has 0 spiro atoms. The summed E-state index contributed by atoms with van der Waals surface area (Å²) in [5, 5.41) is 3.69. The van der Waals surface area contributed by atoms with E-state index >= 15 is 0 Å². The van der Waals surface area contributed by atoms with Crippen LogP contribution >= 0.6 is 23.2 Å². The van der Waals surface area contributed by atoms with Crippen LogP contribution in [0.5, 0.6) is 5.75 Å². The fraction of sp³-hybridized carbons (Fsp3) is 0.467. The molecule has 1 saturated carbocycles. The molecule has 1 unspecified atom stereocenters. The number of carbonyl (C=O) groups excluding carboxylic acids is 2. The number of halogens is 2. The molecule has 1 atom stereocenters. The van der Waals surface area contributed by atoms with Gasteiger partial charge in [0.25, 0.3) is 5.91 Å². The van der Waals surface area contributed by atoms with E-state index < -0.39 is 0 Å². The maximum absolute atomic E-state index is 11.9. The molecule has 2 fully saturated rings. The summed E-state index contributed by atoms with van der Waals surface area (Å²) in [5.41, 5.74) is 0. The van der Waals surface area contributed by atoms with Crippen LogP contribution in [0.2, 0.25) is 10.0 Å². The monoisotopic (exact) mass is 342 g/mol. The van der Waals surface area contributed by atoms with Gasteiger partial charge < -0.3 is 15.0 Å². The van der Waals surface area contributed by atoms with Gasteiger partial charge in [-0.3, -0.25) is 9.59 Å². The fourth-order valence-electron chi connectivity index (χ4n) is 2.57. The molecular formula is C15H16Cl2N2O3. The van der Waals surface area contributed by atoms with Gasteiger partial charge in [0, 0.05) is 24.0 Å². The number of nitrogens with zero attached hydrogens (tertiary/aromatic N) is 1. The third-order valence-corrected chi connectivity index (χ3v) is 4.29. The predicted octanol–water partition coefficient (Wildman–Crippen LogP) is 2.25. The van der Waals surface area contributed by atoms with Crippen LogP contribution in [0.15, 0.2) is 18.2 Å². The van der Waals surface area contributed by atoms with Gasteiger partial charge in [-0.15, -0.1) is 0 Å². The Bertz CT molecular complexity index is 604. The zero-order valence-corrected chi connectivity index (χ0v) is 13.4. The van der Waals surface area contributed by atoms with Crippen LogP contribution in [-0.2, 0) is 9.59 Å². The van der Waals surface area contributed by atoms with E-state index in [2.05, 4.69) is 5.32 Å². The molecular weight excluding hydrogens is 327 g/mol. The van der Waals surface area contributed by atoms with Crippen molar-refractivity contribution in [2.24, 2.45) is 0 Å². The maximum Gasteiger partial charge on any atom is 0.258 e. The number of nitrogens with one attached hydrogen (secondary N) is 1. The predicted molar refractivity (Wildman–Crippen MR) is 83.2 cm³/mol. The molecule has 3 rings (SSSR count). The van der Waals surface area contributed by atoms with E-state index in [-0.39, 0.29) is 24.5 Å². The van der Waals surface area contributed by atoms with Crippen molar-refractivity contribution in [3.05, 3.63) is 28.2 Å². The van der Waals surface area contributed by atoms with E-state index in [1.807, 2.05) is 4.90 Å². The van der Waals surface area contributed by atoms with Crippen molar-refractivity contribution in [3.63, 3.8) is 0 Å². The Morgan fingerprint density at radius 3 is 2.82 bits per heavy atom. The summed E-state index contributed by atoms with van der Waals surface area (Å²) in [6.07, 6.45) is 2.51. The van der Waals surface area contributed by atoms with Crippen LogP contribution in [0.3, 0.4) is 0 Å². The van der Waals surface area contributed by atoms with Gasteiger partial charge in [-0.1, -0.05) is 23.2 Å². The van der Waals surface area contributed by atoms with Crippen molar-refractivity contribution in [3.8, 4) is 5.75 Å². The van der Waals surface area contributed by atoms with Crippen molar-refractivity contribution in [1.82, 2.24) is 10.2 Å². The molecule has 7 heteroatoms. The summed E-state index contributed by atoms with van der Waals surface area (Å²) in [7, 11) is 0. The van der Waals surface area contributed by atoms with Gasteiger partial charge in [0.15, 0.2) is 6.61 Å². The number of hydrogen-bond acceptors (Lipinski definition) is 3. The number of rotatable bonds is 5. The number of likely N-dealkylation sites (tertiary alicyclic amines) is 1. The number of hydrogen-bond donors (Lipinski definition) is 1. The summed E-state index contributed by atoms with van der Waals surface area (Å²) in [6, 6.07) is 5.07. The zero-order chi connectivity index (χ0) is 15.7. The highest BCUT2D eigenvalue weighted by molar-refractivity contribution is 6.35. The molecule has 1 aromatic rings. The smallest absolute Gasteiger partial charge is 0.258 e. The quantitative estimate of drug-likeness (QED) is 0.892. The molecule has 0 bridgehead atoms. The van der Waals surface area contributed by atoms with Gasteiger partial charge in [0.05, 0.1) is 11.1 Å². The topological polar surface area (TPSA) is 58.6 Å². The van der Waals surface area contributed by atoms with Gasteiger partial charge in [-0.25, -0.2) is 0 Å². The van der Waals surface area contributed by atoms with Gasteiger partial charge in [-0.2, -0.15) is 0 Å². The third-order valence-electron chi connectivity index (χ3n) is 3.76. The molecule has 5 nitrogen and oxygen atoms in total. The average Bonchev–Trinajstić information content (AvgIpc) is 3.22. The Balaban J connectivity index is 1.47. The minimum absolute atomic E-state index is 0.120. The van der Waals surface area contributed by atoms with Crippen molar-refractivity contribution in [1.29, 1.82) is 0 Å². The molecule has 1 heterocycles. The van der Waals surface area contributed by atoms with Crippen molar-refractivity contribution >= 4 is 35.0 Å². The summed E-state index contributed by atoms with van der Waals surface area (Å²) in [5.74, 6) is 0.263. The Hall–Kier alpha value is -1.46. The lowest BCUT2D eigenvalue weighted by atomic mass is 10.2. The second kappa shape index (κ2) is 6.34. The standard InChI is InChI=1S/C15H16Cl2N2O3/c16-9-1-4-13(12(17)5-9)22-8-14(20)18-10-6-15(21)19(7-10)11-2-3-11/h1,4-5,10-11H,2-3,6-8H2,(H,18,20). The SMILES string of the molecule is O=C(COc1ccc(Cl)cc1Cl)NC1CC(=O)N(C2CC2)C1. The molecule has 1 aromatic carbocycles. The number of benzene rings is 1. The second-order valence-corrected chi connectivity index (χ2v) is 6.45. The first-order valence-corrected chi connectivity index (χ1v) is 7.95. The summed E-state index contributed by atoms with van der Waals surface area (Å²) in [4.78, 5) is 25.6. The van der Waals surface area contributed by atoms with E-state index in [4.69, 9.17) is 27.9 Å². The first-order valence-electron chi connectivity index (χ1n) is 7.19. The van der Waals surface area contributed by atoms with E-state index in [1.54, 1.807) is 18.2 Å². The first-order chi connectivity index (χ1) is 10.5. The highest BCUT2D eigenvalue weighted by atomic mass is 35.5. The fourth-order valence-corrected chi connectivity index (χ4v) is 3.04. The third kappa shape index (κ3) is 3.65. The summed E-state index contributed by atoms with van der Waals surface area (Å²) < 4.78 is 5.38. The van der Waals surface area contributed by atoms with E-state index in [9.17, 15) is 9.59 Å². The summed E-state index contributed by atoms with van der Waals surface area (Å²) in [6.45, 7) is 0.451. The van der Waals surface area contributed by atoms with Crippen LogP contribution in [0.4, 0.5) is 0 Å². The Morgan fingerprint density at radius 2 is 2.14 bits per heavy atom. The zero-order valence-electron chi connectivity index (χ0n) is 11.9. The molecule has 118 valence electrons. The highest BCUT2D eigenvalue weighted by Gasteiger charge is 2.39. The van der Waals surface area contributed by atoms with Crippen LogP contribution in [0.25, 0.3) is 0 Å². The van der Waals surface area contributed by atoms with Crippen LogP contribution in [0, 0.1) is 0 Å². The number of amides is 2. The van der Waals surface area contributed by atoms with E-state index in [0.717, 1.165) is 12.8 Å². The molecule has 1 saturated heterocycles. The molecule has 0 radical (unpaired) electrons. The number of ether oxygens (including phenoxy) is 1. The lowest BCUT2D eigenvalue weighted by molar-refractivity contribution is -0.128. The highest BCUT2D eigenvalue weighted by Crippen LogP contribution is 2.30. The van der Waals surface area contributed by atoms with Gasteiger partial charge in [0.2, 0.25) is 5.91 Å². The molecule has 2 aliphatic rings. The van der Waals surface area contributed by atoms with Gasteiger partial charge in [0.1, 0.15) is 5.75 Å². The summed E-state index contributed by atoms with van der Waals surface area (Å²) >= 11 is 11.8. The minimum Gasteiger partial charge on any atom is -0.482 e. The minimum atomic E-state index is -0.263. The number of carbonyl (C=O) groups is 2. The van der Waals surface area contributed by atoms with Gasteiger partial charge >= 0.3 is 0 Å². The first kappa shape index (κ1) is 15.4. The van der Waals surface area contributed by atoms with Crippen LogP contribution < -0.4 is 10.1 Å². The molecule has 1 aliphatic heterocycles. The van der Waals surface area contributed by atoms with E-state index in [0.29, 0.717) is 34.8 Å². The van der Waals surface area contributed by atoms with Crippen LogP contribution in [-0.4, -0.2) is 41.9 Å². The molecule has 1 N–H and O–H groups in total. The van der Waals surface area contributed by atoms with E-state index in [1.165, 1.54) is 0 Å². The molecule has 2 amide bonds. The Labute approximate surface area is 138 Å². The lowest BCUT2D eigenvalue weighted by Crippen LogP contribution is -2.40. The molecule has 22 heavy (non-hydrogen) atoms. The normalized spacial score (nSPS) is 21.1. The van der Waals surface area contributed by atoms with Crippen LogP contribution in [0.1, 0.15) is 19.3 Å². The molecule has 0 aromatic heterocycles. The molecule has 1 aliphatic carbocycles. The van der Waals surface area contributed by atoms with Gasteiger partial charge in [-0.05, 0) is 31.0 Å². The van der Waals surface area contributed by atoms with Crippen molar-refractivity contribution in [2.75, 3.05) is 13.2 Å². The largest absolute Gasteiger partial charge is 0.482 e. The Morgan fingerprint density at radius 1 is 1.36 bits per heavy atom. The lowest BCUT2D eigenvalue weighted by Gasteiger charge is -2.16. The van der Waals surface area contributed by atoms with Crippen molar-refractivity contribution in [2.45, 2.75) is 31.3 Å². The second-order valence-electron chi connectivity index (χ2n) is 5.61. The average molecular weight is 343 g/mol. The van der Waals surface area contributed by atoms with Crippen molar-refractivity contribution < 1.29 is 14.3 Å².